The Hall–Kier alpha value is -0.640. The van der Waals surface area contributed by atoms with Gasteiger partial charge in [0.2, 0.25) is 0 Å². The monoisotopic (exact) mass is 252 g/mol. The number of hydrogen-bond acceptors (Lipinski definition) is 3. The smallest absolute Gasteiger partial charge is 0.0874 e. The molecule has 1 N–H and O–H groups in total. The molecule has 3 heteroatoms. The predicted octanol–water partition coefficient (Wildman–Crippen LogP) is 3.60. The molecule has 0 bridgehead atoms. The van der Waals surface area contributed by atoms with Gasteiger partial charge in [0, 0.05) is 5.92 Å². The lowest BCUT2D eigenvalue weighted by atomic mass is 9.94. The van der Waals surface area contributed by atoms with E-state index in [1.807, 2.05) is 36.6 Å². The largest absolute Gasteiger partial charge is 0.388 e. The van der Waals surface area contributed by atoms with Crippen LogP contribution in [0.5, 0.6) is 0 Å². The van der Waals surface area contributed by atoms with Crippen LogP contribution in [-0.2, 0) is 0 Å². The molecule has 0 saturated heterocycles. The van der Waals surface area contributed by atoms with Crippen LogP contribution in [0.15, 0.2) is 43.0 Å². The van der Waals surface area contributed by atoms with Crippen LogP contribution in [0.2, 0.25) is 0 Å². The molecule has 1 aromatic carbocycles. The summed E-state index contributed by atoms with van der Waals surface area (Å²) in [6, 6.07) is 9.62. The molecule has 0 aromatic heterocycles. The third-order valence-corrected chi connectivity index (χ3v) is 3.95. The van der Waals surface area contributed by atoms with Gasteiger partial charge in [-0.2, -0.15) is 0 Å². The highest BCUT2D eigenvalue weighted by molar-refractivity contribution is 8.22. The van der Waals surface area contributed by atoms with Crippen LogP contribution in [0, 0.1) is 5.92 Å². The van der Waals surface area contributed by atoms with Gasteiger partial charge in [-0.25, -0.2) is 0 Å². The Bertz CT molecular complexity index is 348. The zero-order valence-corrected chi connectivity index (χ0v) is 10.9. The second-order valence-electron chi connectivity index (χ2n) is 3.51. The molecule has 1 rings (SSSR count). The third kappa shape index (κ3) is 3.44. The molecule has 0 aliphatic rings. The van der Waals surface area contributed by atoms with Crippen molar-refractivity contribution in [3.8, 4) is 0 Å². The summed E-state index contributed by atoms with van der Waals surface area (Å²) in [7, 11) is 0. The zero-order valence-electron chi connectivity index (χ0n) is 9.30. The fraction of sp³-hybridized carbons (Fsp3) is 0.308. The Labute approximate surface area is 107 Å². The average Bonchev–Trinajstić information content (AvgIpc) is 2.35. The van der Waals surface area contributed by atoms with Crippen molar-refractivity contribution < 1.29 is 5.11 Å². The SMILES string of the molecule is C=CC[C@H](C(=S)SC)[C@@H](O)c1ccccc1. The minimum absolute atomic E-state index is 0.0371. The number of rotatable bonds is 5. The first kappa shape index (κ1) is 13.4. The van der Waals surface area contributed by atoms with Gasteiger partial charge >= 0.3 is 0 Å². The van der Waals surface area contributed by atoms with Gasteiger partial charge in [-0.3, -0.25) is 0 Å². The number of thioether (sulfide) groups is 1. The van der Waals surface area contributed by atoms with E-state index in [1.54, 1.807) is 6.08 Å². The number of aliphatic hydroxyl groups excluding tert-OH is 1. The Morgan fingerprint density at radius 2 is 2.12 bits per heavy atom. The summed E-state index contributed by atoms with van der Waals surface area (Å²) in [4.78, 5) is 0. The summed E-state index contributed by atoms with van der Waals surface area (Å²) in [5.41, 5.74) is 0.908. The molecule has 0 spiro atoms. The number of aliphatic hydroxyl groups is 1. The highest BCUT2D eigenvalue weighted by Gasteiger charge is 2.23. The zero-order chi connectivity index (χ0) is 12.0. The summed E-state index contributed by atoms with van der Waals surface area (Å²) >= 11 is 6.79. The average molecular weight is 252 g/mol. The number of thiocarbonyl (C=S) groups is 1. The predicted molar refractivity (Wildman–Crippen MR) is 75.8 cm³/mol. The molecule has 0 unspecified atom stereocenters. The van der Waals surface area contributed by atoms with Crippen molar-refractivity contribution in [1.29, 1.82) is 0 Å². The molecule has 1 aromatic rings. The van der Waals surface area contributed by atoms with E-state index in [0.717, 1.165) is 9.76 Å². The van der Waals surface area contributed by atoms with Gasteiger partial charge in [-0.1, -0.05) is 48.6 Å². The summed E-state index contributed by atoms with van der Waals surface area (Å²) in [5, 5.41) is 10.3. The molecule has 2 atom stereocenters. The van der Waals surface area contributed by atoms with E-state index in [1.165, 1.54) is 11.8 Å². The van der Waals surface area contributed by atoms with Crippen LogP contribution < -0.4 is 0 Å². The second kappa shape index (κ2) is 6.84. The lowest BCUT2D eigenvalue weighted by Gasteiger charge is -2.22. The molecule has 0 fully saturated rings. The fourth-order valence-corrected chi connectivity index (χ4v) is 2.32. The summed E-state index contributed by atoms with van der Waals surface area (Å²) in [5.74, 6) is -0.0371. The van der Waals surface area contributed by atoms with Gasteiger partial charge in [0.05, 0.1) is 10.3 Å². The minimum atomic E-state index is -0.542. The summed E-state index contributed by atoms with van der Waals surface area (Å²) in [6.45, 7) is 3.71. The van der Waals surface area contributed by atoms with Gasteiger partial charge < -0.3 is 5.11 Å². The van der Waals surface area contributed by atoms with E-state index < -0.39 is 6.10 Å². The lowest BCUT2D eigenvalue weighted by molar-refractivity contribution is 0.143. The molecule has 0 aliphatic heterocycles. The van der Waals surface area contributed by atoms with Crippen LogP contribution in [0.25, 0.3) is 0 Å². The maximum Gasteiger partial charge on any atom is 0.0874 e. The number of benzene rings is 1. The Kier molecular flexibility index (Phi) is 5.74. The van der Waals surface area contributed by atoms with Crippen molar-refractivity contribution in [2.75, 3.05) is 6.26 Å². The highest BCUT2D eigenvalue weighted by atomic mass is 32.2. The van der Waals surface area contributed by atoms with Crippen molar-refractivity contribution in [3.63, 3.8) is 0 Å². The van der Waals surface area contributed by atoms with Crippen molar-refractivity contribution in [2.24, 2.45) is 5.92 Å². The molecule has 0 aliphatic carbocycles. The summed E-state index contributed by atoms with van der Waals surface area (Å²) < 4.78 is 0.830. The molecule has 0 radical (unpaired) electrons. The number of allylic oxidation sites excluding steroid dienone is 1. The number of hydrogen-bond donors (Lipinski definition) is 1. The second-order valence-corrected chi connectivity index (χ2v) is 5.06. The van der Waals surface area contributed by atoms with Crippen LogP contribution in [0.3, 0.4) is 0 Å². The molecule has 0 heterocycles. The standard InChI is InChI=1S/C13H16OS2/c1-3-7-11(13(15)16-2)12(14)10-8-5-4-6-9-10/h3-6,8-9,11-12,14H,1,7H2,2H3/t11-,12-/m0/s1. The molecule has 86 valence electrons. The van der Waals surface area contributed by atoms with E-state index in [4.69, 9.17) is 12.2 Å². The topological polar surface area (TPSA) is 20.2 Å². The first-order valence-electron chi connectivity index (χ1n) is 5.12. The van der Waals surface area contributed by atoms with Gasteiger partial charge in [0.1, 0.15) is 0 Å². The Balaban J connectivity index is 2.86. The van der Waals surface area contributed by atoms with Crippen LogP contribution in [-0.4, -0.2) is 15.6 Å². The van der Waals surface area contributed by atoms with Gasteiger partial charge in [-0.15, -0.1) is 18.3 Å². The molecule has 0 amide bonds. The minimum Gasteiger partial charge on any atom is -0.388 e. The van der Waals surface area contributed by atoms with E-state index in [-0.39, 0.29) is 5.92 Å². The maximum absolute atomic E-state index is 10.3. The molecule has 1 nitrogen and oxygen atoms in total. The van der Waals surface area contributed by atoms with Crippen LogP contribution >= 0.6 is 24.0 Å². The van der Waals surface area contributed by atoms with Crippen molar-refractivity contribution in [1.82, 2.24) is 0 Å². The van der Waals surface area contributed by atoms with Crippen LogP contribution in [0.4, 0.5) is 0 Å². The van der Waals surface area contributed by atoms with Crippen molar-refractivity contribution in [3.05, 3.63) is 48.6 Å². The van der Waals surface area contributed by atoms with Gasteiger partial charge in [0.25, 0.3) is 0 Å². The quantitative estimate of drug-likeness (QED) is 0.638. The van der Waals surface area contributed by atoms with Gasteiger partial charge in [-0.05, 0) is 18.2 Å². The molecule has 16 heavy (non-hydrogen) atoms. The molecular formula is C13H16OS2. The first-order chi connectivity index (χ1) is 7.70. The van der Waals surface area contributed by atoms with Crippen molar-refractivity contribution in [2.45, 2.75) is 12.5 Å². The maximum atomic E-state index is 10.3. The lowest BCUT2D eigenvalue weighted by Crippen LogP contribution is -2.18. The fourth-order valence-electron chi connectivity index (χ4n) is 1.57. The molecular weight excluding hydrogens is 236 g/mol. The third-order valence-electron chi connectivity index (χ3n) is 2.45. The first-order valence-corrected chi connectivity index (χ1v) is 6.75. The Morgan fingerprint density at radius 3 is 2.62 bits per heavy atom. The van der Waals surface area contributed by atoms with Gasteiger partial charge in [0.15, 0.2) is 0 Å². The highest BCUT2D eigenvalue weighted by Crippen LogP contribution is 2.29. The normalized spacial score (nSPS) is 14.1. The van der Waals surface area contributed by atoms with E-state index in [2.05, 4.69) is 6.58 Å². The van der Waals surface area contributed by atoms with E-state index in [0.29, 0.717) is 6.42 Å². The van der Waals surface area contributed by atoms with Crippen molar-refractivity contribution >= 4 is 28.2 Å². The summed E-state index contributed by atoms with van der Waals surface area (Å²) in [6.07, 6.45) is 3.91. The Morgan fingerprint density at radius 1 is 1.50 bits per heavy atom. The van der Waals surface area contributed by atoms with E-state index in [9.17, 15) is 5.11 Å². The van der Waals surface area contributed by atoms with E-state index >= 15 is 0 Å². The van der Waals surface area contributed by atoms with Crippen LogP contribution in [0.1, 0.15) is 18.1 Å². The molecule has 0 saturated carbocycles.